The average molecular weight is 197 g/mol. The van der Waals surface area contributed by atoms with Crippen molar-refractivity contribution in [3.63, 3.8) is 0 Å². The summed E-state index contributed by atoms with van der Waals surface area (Å²) in [5.41, 5.74) is 5.60. The molecule has 4 heteroatoms. The third-order valence-corrected chi connectivity index (χ3v) is 3.30. The van der Waals surface area contributed by atoms with Crippen LogP contribution in [-0.4, -0.2) is 17.5 Å². The largest absolute Gasteiger partial charge is 0.383 e. The summed E-state index contributed by atoms with van der Waals surface area (Å²) >= 11 is 1.52. The van der Waals surface area contributed by atoms with Crippen molar-refractivity contribution in [2.75, 3.05) is 23.7 Å². The van der Waals surface area contributed by atoms with E-state index in [0.29, 0.717) is 5.82 Å². The van der Waals surface area contributed by atoms with Gasteiger partial charge in [-0.2, -0.15) is 4.37 Å². The Morgan fingerprint density at radius 3 is 2.46 bits per heavy atom. The van der Waals surface area contributed by atoms with Crippen LogP contribution in [0.2, 0.25) is 0 Å². The third kappa shape index (κ3) is 2.12. The number of nitrogens with zero attached hydrogens (tertiary/aromatic N) is 2. The average Bonchev–Trinajstić information content (AvgIpc) is 2.43. The van der Waals surface area contributed by atoms with Crippen molar-refractivity contribution in [1.29, 1.82) is 0 Å². The number of anilines is 2. The van der Waals surface area contributed by atoms with Gasteiger partial charge in [0.25, 0.3) is 0 Å². The fraction of sp³-hybridized carbons (Fsp3) is 0.667. The van der Waals surface area contributed by atoms with E-state index in [1.165, 1.54) is 55.3 Å². The lowest BCUT2D eigenvalue weighted by Crippen LogP contribution is -2.22. The molecule has 1 aromatic heterocycles. The minimum absolute atomic E-state index is 0.657. The van der Waals surface area contributed by atoms with Crippen LogP contribution in [0.4, 0.5) is 10.8 Å². The van der Waals surface area contributed by atoms with Gasteiger partial charge in [0.05, 0.1) is 0 Å². The zero-order valence-corrected chi connectivity index (χ0v) is 8.52. The van der Waals surface area contributed by atoms with E-state index in [0.717, 1.165) is 0 Å². The second-order valence-electron chi connectivity index (χ2n) is 3.49. The highest BCUT2D eigenvalue weighted by atomic mass is 32.1. The molecule has 0 spiro atoms. The first-order valence-electron chi connectivity index (χ1n) is 4.83. The summed E-state index contributed by atoms with van der Waals surface area (Å²) < 4.78 is 4.10. The Kier molecular flexibility index (Phi) is 2.68. The van der Waals surface area contributed by atoms with Crippen LogP contribution in [0.5, 0.6) is 0 Å². The molecule has 1 aliphatic rings. The fourth-order valence-corrected chi connectivity index (χ4v) is 2.44. The Labute approximate surface area is 82.7 Å². The number of nitrogen functional groups attached to an aromatic ring is 1. The molecular weight excluding hydrogens is 182 g/mol. The third-order valence-electron chi connectivity index (χ3n) is 2.43. The molecule has 2 N–H and O–H groups in total. The van der Waals surface area contributed by atoms with Gasteiger partial charge >= 0.3 is 0 Å². The number of rotatable bonds is 1. The first-order valence-corrected chi connectivity index (χ1v) is 5.61. The molecule has 1 aromatic rings. The summed E-state index contributed by atoms with van der Waals surface area (Å²) in [6.45, 7) is 2.34. The molecular formula is C9H15N3S. The van der Waals surface area contributed by atoms with E-state index < -0.39 is 0 Å². The van der Waals surface area contributed by atoms with Gasteiger partial charge in [-0.25, -0.2) is 0 Å². The molecule has 1 saturated heterocycles. The summed E-state index contributed by atoms with van der Waals surface area (Å²) in [6, 6.07) is 1.98. The van der Waals surface area contributed by atoms with Gasteiger partial charge in [-0.1, -0.05) is 12.8 Å². The number of aromatic nitrogens is 1. The van der Waals surface area contributed by atoms with Crippen molar-refractivity contribution in [3.8, 4) is 0 Å². The van der Waals surface area contributed by atoms with E-state index >= 15 is 0 Å². The Hall–Kier alpha value is -0.770. The summed E-state index contributed by atoms with van der Waals surface area (Å²) in [4.78, 5) is 2.40. The predicted octanol–water partition coefficient (Wildman–Crippen LogP) is 2.11. The SMILES string of the molecule is Nc1cc(N2CCCCCC2)sn1. The molecule has 72 valence electrons. The van der Waals surface area contributed by atoms with E-state index in [1.807, 2.05) is 6.07 Å². The molecule has 3 nitrogen and oxygen atoms in total. The highest BCUT2D eigenvalue weighted by Gasteiger charge is 2.11. The van der Waals surface area contributed by atoms with Crippen molar-refractivity contribution >= 4 is 22.4 Å². The molecule has 0 saturated carbocycles. The normalized spacial score (nSPS) is 18.6. The maximum Gasteiger partial charge on any atom is 0.139 e. The summed E-state index contributed by atoms with van der Waals surface area (Å²) in [6.07, 6.45) is 5.34. The van der Waals surface area contributed by atoms with Crippen LogP contribution in [0.15, 0.2) is 6.07 Å². The Balaban J connectivity index is 2.06. The van der Waals surface area contributed by atoms with Crippen LogP contribution in [0.1, 0.15) is 25.7 Å². The van der Waals surface area contributed by atoms with E-state index in [-0.39, 0.29) is 0 Å². The summed E-state index contributed by atoms with van der Waals surface area (Å²) in [7, 11) is 0. The van der Waals surface area contributed by atoms with Crippen LogP contribution < -0.4 is 10.6 Å². The topological polar surface area (TPSA) is 42.1 Å². The zero-order valence-electron chi connectivity index (χ0n) is 7.70. The van der Waals surface area contributed by atoms with Gasteiger partial charge in [-0.05, 0) is 24.4 Å². The molecule has 0 aliphatic carbocycles. The van der Waals surface area contributed by atoms with Gasteiger partial charge in [0.15, 0.2) is 0 Å². The van der Waals surface area contributed by atoms with Crippen molar-refractivity contribution in [2.24, 2.45) is 0 Å². The lowest BCUT2D eigenvalue weighted by Gasteiger charge is -2.19. The monoisotopic (exact) mass is 197 g/mol. The lowest BCUT2D eigenvalue weighted by molar-refractivity contribution is 0.726. The lowest BCUT2D eigenvalue weighted by atomic mass is 10.2. The molecule has 2 rings (SSSR count). The predicted molar refractivity (Wildman–Crippen MR) is 57.2 cm³/mol. The molecule has 0 atom stereocenters. The smallest absolute Gasteiger partial charge is 0.139 e. The van der Waals surface area contributed by atoms with Crippen LogP contribution in [0, 0.1) is 0 Å². The van der Waals surface area contributed by atoms with Crippen molar-refractivity contribution in [2.45, 2.75) is 25.7 Å². The molecule has 0 amide bonds. The number of hydrogen-bond acceptors (Lipinski definition) is 4. The maximum absolute atomic E-state index is 5.60. The van der Waals surface area contributed by atoms with Crippen molar-refractivity contribution < 1.29 is 0 Å². The van der Waals surface area contributed by atoms with E-state index in [1.54, 1.807) is 0 Å². The zero-order chi connectivity index (χ0) is 9.10. The van der Waals surface area contributed by atoms with Gasteiger partial charge < -0.3 is 10.6 Å². The van der Waals surface area contributed by atoms with Gasteiger partial charge in [-0.3, -0.25) is 0 Å². The number of hydrogen-bond donors (Lipinski definition) is 1. The molecule has 2 heterocycles. The van der Waals surface area contributed by atoms with Gasteiger partial charge in [-0.15, -0.1) is 0 Å². The van der Waals surface area contributed by atoms with Crippen molar-refractivity contribution in [1.82, 2.24) is 4.37 Å². The van der Waals surface area contributed by atoms with Crippen LogP contribution >= 0.6 is 11.5 Å². The Bertz CT molecular complexity index is 264. The Morgan fingerprint density at radius 1 is 1.23 bits per heavy atom. The number of nitrogens with two attached hydrogens (primary N) is 1. The van der Waals surface area contributed by atoms with E-state index in [9.17, 15) is 0 Å². The van der Waals surface area contributed by atoms with Gasteiger partial charge in [0, 0.05) is 19.2 Å². The quantitative estimate of drug-likeness (QED) is 0.749. The first kappa shape index (κ1) is 8.81. The van der Waals surface area contributed by atoms with E-state index in [2.05, 4.69) is 9.27 Å². The molecule has 0 bridgehead atoms. The molecule has 1 aliphatic heterocycles. The highest BCUT2D eigenvalue weighted by molar-refractivity contribution is 7.10. The molecule has 0 aromatic carbocycles. The maximum atomic E-state index is 5.60. The van der Waals surface area contributed by atoms with Crippen LogP contribution in [0.25, 0.3) is 0 Å². The van der Waals surface area contributed by atoms with Gasteiger partial charge in [0.1, 0.15) is 10.8 Å². The fourth-order valence-electron chi connectivity index (χ4n) is 1.72. The molecule has 13 heavy (non-hydrogen) atoms. The molecule has 1 fully saturated rings. The second-order valence-corrected chi connectivity index (χ2v) is 4.27. The van der Waals surface area contributed by atoms with E-state index in [4.69, 9.17) is 5.73 Å². The minimum Gasteiger partial charge on any atom is -0.383 e. The second kappa shape index (κ2) is 3.96. The first-order chi connectivity index (χ1) is 6.36. The van der Waals surface area contributed by atoms with Crippen LogP contribution in [0.3, 0.4) is 0 Å². The molecule has 0 unspecified atom stereocenters. The summed E-state index contributed by atoms with van der Waals surface area (Å²) in [5, 5.41) is 1.24. The summed E-state index contributed by atoms with van der Waals surface area (Å²) in [5.74, 6) is 0.657. The van der Waals surface area contributed by atoms with Crippen LogP contribution in [-0.2, 0) is 0 Å². The highest BCUT2D eigenvalue weighted by Crippen LogP contribution is 2.25. The Morgan fingerprint density at radius 2 is 1.92 bits per heavy atom. The molecule has 0 radical (unpaired) electrons. The van der Waals surface area contributed by atoms with Gasteiger partial charge in [0.2, 0.25) is 0 Å². The minimum atomic E-state index is 0.657. The standard InChI is InChI=1S/C9H15N3S/c10-8-7-9(13-11-8)12-5-3-1-2-4-6-12/h7H,1-6H2,(H2,10,11). The van der Waals surface area contributed by atoms with Crippen molar-refractivity contribution in [3.05, 3.63) is 6.07 Å².